The van der Waals surface area contributed by atoms with Gasteiger partial charge in [0.1, 0.15) is 0 Å². The highest BCUT2D eigenvalue weighted by Crippen LogP contribution is 2.49. The van der Waals surface area contributed by atoms with Crippen LogP contribution in [0.2, 0.25) is 0 Å². The molecular formula is C31H32N3. The number of hydrogen-bond acceptors (Lipinski definition) is 2. The first-order valence-corrected chi connectivity index (χ1v) is 12.5. The number of hydrogen-bond donors (Lipinski definition) is 0. The van der Waals surface area contributed by atoms with Crippen LogP contribution in [0.15, 0.2) is 66.9 Å². The molecule has 3 heteroatoms. The van der Waals surface area contributed by atoms with E-state index in [0.717, 1.165) is 29.9 Å². The maximum Gasteiger partial charge on any atom is 0.0973 e. The van der Waals surface area contributed by atoms with Crippen LogP contribution in [0.3, 0.4) is 0 Å². The minimum atomic E-state index is 0.346. The molecule has 0 bridgehead atoms. The molecule has 34 heavy (non-hydrogen) atoms. The first-order chi connectivity index (χ1) is 16.5. The number of aryl methyl sites for hydroxylation is 3. The number of pyridine rings is 1. The zero-order valence-corrected chi connectivity index (χ0v) is 20.4. The first kappa shape index (κ1) is 21.3. The summed E-state index contributed by atoms with van der Waals surface area (Å²) in [7, 11) is 2.01. The normalized spacial score (nSPS) is 16.1. The van der Waals surface area contributed by atoms with Crippen LogP contribution in [0.4, 0.5) is 0 Å². The highest BCUT2D eigenvalue weighted by molar-refractivity contribution is 5.85. The van der Waals surface area contributed by atoms with Crippen LogP contribution in [-0.2, 0) is 25.3 Å². The lowest BCUT2D eigenvalue weighted by Gasteiger charge is -2.44. The molecule has 4 aromatic rings. The highest BCUT2D eigenvalue weighted by Gasteiger charge is 2.39. The summed E-state index contributed by atoms with van der Waals surface area (Å²) >= 11 is 0. The maximum absolute atomic E-state index is 5.29. The Morgan fingerprint density at radius 3 is 2.32 bits per heavy atom. The fourth-order valence-corrected chi connectivity index (χ4v) is 6.03. The Bertz CT molecular complexity index is 1330. The van der Waals surface area contributed by atoms with Crippen molar-refractivity contribution in [1.82, 2.24) is 14.8 Å². The topological polar surface area (TPSA) is 30.7 Å². The lowest BCUT2D eigenvalue weighted by atomic mass is 9.61. The number of rotatable bonds is 5. The number of fused-ring (bicyclic) bond motifs is 3. The predicted molar refractivity (Wildman–Crippen MR) is 139 cm³/mol. The van der Waals surface area contributed by atoms with Gasteiger partial charge in [0.05, 0.1) is 17.1 Å². The van der Waals surface area contributed by atoms with Gasteiger partial charge in [0.2, 0.25) is 0 Å². The molecule has 2 aliphatic carbocycles. The molecule has 1 radical (unpaired) electrons. The van der Waals surface area contributed by atoms with Gasteiger partial charge in [0.15, 0.2) is 0 Å². The van der Waals surface area contributed by atoms with E-state index < -0.39 is 0 Å². The van der Waals surface area contributed by atoms with Gasteiger partial charge in [0.25, 0.3) is 0 Å². The summed E-state index contributed by atoms with van der Waals surface area (Å²) in [4.78, 5) is 5.29. The average molecular weight is 447 g/mol. The Hall–Kier alpha value is -3.20. The fourth-order valence-electron chi connectivity index (χ4n) is 6.03. The van der Waals surface area contributed by atoms with Crippen molar-refractivity contribution in [2.24, 2.45) is 7.05 Å². The van der Waals surface area contributed by atoms with Crippen molar-refractivity contribution in [3.05, 3.63) is 89.6 Å². The molecule has 1 fully saturated rings. The minimum absolute atomic E-state index is 0.346. The third kappa shape index (κ3) is 3.58. The Labute approximate surface area is 202 Å². The van der Waals surface area contributed by atoms with E-state index in [4.69, 9.17) is 10.1 Å². The summed E-state index contributed by atoms with van der Waals surface area (Å²) in [6.45, 7) is 4.54. The molecule has 0 aliphatic heterocycles. The zero-order valence-electron chi connectivity index (χ0n) is 20.4. The Morgan fingerprint density at radius 2 is 1.65 bits per heavy atom. The summed E-state index contributed by atoms with van der Waals surface area (Å²) in [6, 6.07) is 22.3. The van der Waals surface area contributed by atoms with Crippen molar-refractivity contribution >= 4 is 0 Å². The molecule has 2 aromatic heterocycles. The van der Waals surface area contributed by atoms with E-state index in [1.807, 2.05) is 11.7 Å². The molecular weight excluding hydrogens is 414 g/mol. The van der Waals surface area contributed by atoms with Crippen molar-refractivity contribution in [2.45, 2.75) is 57.8 Å². The van der Waals surface area contributed by atoms with Crippen molar-refractivity contribution < 1.29 is 0 Å². The van der Waals surface area contributed by atoms with E-state index in [1.54, 1.807) is 0 Å². The van der Waals surface area contributed by atoms with Crippen molar-refractivity contribution in [3.63, 3.8) is 0 Å². The van der Waals surface area contributed by atoms with Crippen LogP contribution < -0.4 is 0 Å². The minimum Gasteiger partial charge on any atom is -0.275 e. The second kappa shape index (κ2) is 8.23. The Balaban J connectivity index is 1.46. The second-order valence-electron chi connectivity index (χ2n) is 10.5. The summed E-state index contributed by atoms with van der Waals surface area (Å²) in [6.07, 6.45) is 9.26. The third-order valence-electron chi connectivity index (χ3n) is 7.75. The fraction of sp³-hybridized carbons (Fsp3) is 0.323. The molecule has 2 aliphatic rings. The molecule has 0 amide bonds. The number of benzene rings is 2. The molecule has 0 spiro atoms. The van der Waals surface area contributed by atoms with Gasteiger partial charge in [-0.05, 0) is 66.2 Å². The van der Waals surface area contributed by atoms with Gasteiger partial charge in [-0.25, -0.2) is 0 Å². The van der Waals surface area contributed by atoms with Crippen LogP contribution >= 0.6 is 0 Å². The summed E-state index contributed by atoms with van der Waals surface area (Å²) in [5.41, 5.74) is 11.3. The quantitative estimate of drug-likeness (QED) is 0.321. The SMILES string of the molecule is C[C](C)CC1(c2ccc(-c3nc4c(cc3-c3ccccc3)-c3nn(C)cc3CC4)cc2)CCC1. The molecule has 6 rings (SSSR count). The van der Waals surface area contributed by atoms with E-state index in [1.165, 1.54) is 65.0 Å². The van der Waals surface area contributed by atoms with Gasteiger partial charge >= 0.3 is 0 Å². The molecule has 171 valence electrons. The lowest BCUT2D eigenvalue weighted by molar-refractivity contribution is 0.232. The van der Waals surface area contributed by atoms with E-state index in [0.29, 0.717) is 5.41 Å². The molecule has 2 heterocycles. The Morgan fingerprint density at radius 1 is 0.882 bits per heavy atom. The van der Waals surface area contributed by atoms with Crippen molar-refractivity contribution in [2.75, 3.05) is 0 Å². The molecule has 2 aromatic carbocycles. The van der Waals surface area contributed by atoms with E-state index in [9.17, 15) is 0 Å². The molecule has 0 N–H and O–H groups in total. The third-order valence-corrected chi connectivity index (χ3v) is 7.75. The van der Waals surface area contributed by atoms with Crippen LogP contribution in [-0.4, -0.2) is 14.8 Å². The van der Waals surface area contributed by atoms with Gasteiger partial charge in [-0.15, -0.1) is 0 Å². The van der Waals surface area contributed by atoms with E-state index in [-0.39, 0.29) is 0 Å². The zero-order chi connectivity index (χ0) is 23.3. The largest absolute Gasteiger partial charge is 0.275 e. The lowest BCUT2D eigenvalue weighted by Crippen LogP contribution is -2.35. The van der Waals surface area contributed by atoms with Gasteiger partial charge in [-0.2, -0.15) is 5.10 Å². The van der Waals surface area contributed by atoms with Crippen molar-refractivity contribution in [3.8, 4) is 33.6 Å². The summed E-state index contributed by atoms with van der Waals surface area (Å²) < 4.78 is 1.93. The summed E-state index contributed by atoms with van der Waals surface area (Å²) in [5.74, 6) is 1.53. The van der Waals surface area contributed by atoms with Gasteiger partial charge in [-0.1, -0.05) is 74.9 Å². The maximum atomic E-state index is 5.29. The molecule has 0 atom stereocenters. The van der Waals surface area contributed by atoms with Gasteiger partial charge in [0, 0.05) is 29.9 Å². The summed E-state index contributed by atoms with van der Waals surface area (Å²) in [5, 5.41) is 4.78. The van der Waals surface area contributed by atoms with E-state index in [2.05, 4.69) is 80.7 Å². The molecule has 1 saturated carbocycles. The van der Waals surface area contributed by atoms with Crippen LogP contribution in [0.1, 0.15) is 56.4 Å². The smallest absolute Gasteiger partial charge is 0.0973 e. The standard InChI is InChI=1S/C31H32N3/c1-21(2)19-31(16-7-17-31)25-13-10-23(11-14-25)29-26(22-8-5-4-6-9-22)18-27-28(32-29)15-12-24-20-34(3)33-30(24)27/h4-6,8-11,13-14,18,20H,7,12,15-17,19H2,1-3H3. The van der Waals surface area contributed by atoms with Gasteiger partial charge < -0.3 is 0 Å². The molecule has 0 unspecified atom stereocenters. The van der Waals surface area contributed by atoms with E-state index >= 15 is 0 Å². The Kier molecular flexibility index (Phi) is 5.17. The number of nitrogens with zero attached hydrogens (tertiary/aromatic N) is 3. The second-order valence-corrected chi connectivity index (χ2v) is 10.5. The predicted octanol–water partition coefficient (Wildman–Crippen LogP) is 7.34. The van der Waals surface area contributed by atoms with Crippen LogP contribution in [0.25, 0.3) is 33.6 Å². The molecule has 0 saturated heterocycles. The van der Waals surface area contributed by atoms with Crippen LogP contribution in [0, 0.1) is 5.92 Å². The number of aromatic nitrogens is 3. The van der Waals surface area contributed by atoms with Gasteiger partial charge in [-0.3, -0.25) is 9.67 Å². The highest BCUT2D eigenvalue weighted by atomic mass is 15.3. The van der Waals surface area contributed by atoms with Crippen molar-refractivity contribution in [1.29, 1.82) is 0 Å². The molecule has 3 nitrogen and oxygen atoms in total. The first-order valence-electron chi connectivity index (χ1n) is 12.5. The van der Waals surface area contributed by atoms with Crippen LogP contribution in [0.5, 0.6) is 0 Å². The monoisotopic (exact) mass is 446 g/mol. The average Bonchev–Trinajstić information content (AvgIpc) is 3.22.